The maximum atomic E-state index is 12.9. The number of hydrogen-bond donors (Lipinski definition) is 0. The van der Waals surface area contributed by atoms with Gasteiger partial charge in [-0.15, -0.1) is 10.2 Å². The van der Waals surface area contributed by atoms with Crippen molar-refractivity contribution in [2.75, 3.05) is 56.6 Å². The molecule has 188 valence electrons. The summed E-state index contributed by atoms with van der Waals surface area (Å²) in [5, 5.41) is 9.69. The number of thioether (sulfide) groups is 1. The van der Waals surface area contributed by atoms with Crippen LogP contribution in [-0.2, 0) is 18.0 Å². The van der Waals surface area contributed by atoms with E-state index < -0.39 is 11.7 Å². The van der Waals surface area contributed by atoms with Gasteiger partial charge in [0.1, 0.15) is 0 Å². The minimum absolute atomic E-state index is 0.330. The van der Waals surface area contributed by atoms with Crippen LogP contribution in [0.2, 0.25) is 0 Å². The largest absolute Gasteiger partial charge is 0.416 e. The fraction of sp³-hybridized carbons (Fsp3) is 0.667. The second-order valence-corrected chi connectivity index (χ2v) is 10.1. The summed E-state index contributed by atoms with van der Waals surface area (Å²) < 4.78 is 46.1. The molecule has 6 nitrogen and oxygen atoms in total. The molecule has 10 heteroatoms. The standard InChI is InChI=1S/C24H34F3N5OS/c1-30-22(32-14-16-33-17-15-32)28-29-23(30)34-18-4-12-31-11-3-2-5-19(10-13-31)20-6-8-21(9-7-20)24(25,26)27/h6-9,19H,2-5,10-18H2,1H3/t19-/m1/s1. The Balaban J connectivity index is 1.22. The average molecular weight is 498 g/mol. The molecule has 0 aliphatic carbocycles. The first-order valence-electron chi connectivity index (χ1n) is 12.2. The van der Waals surface area contributed by atoms with E-state index in [2.05, 4.69) is 24.6 Å². The molecule has 4 rings (SSSR count). The van der Waals surface area contributed by atoms with Gasteiger partial charge < -0.3 is 14.5 Å². The Morgan fingerprint density at radius 2 is 1.76 bits per heavy atom. The second-order valence-electron chi connectivity index (χ2n) is 9.09. The summed E-state index contributed by atoms with van der Waals surface area (Å²) in [5.41, 5.74) is 0.463. The summed E-state index contributed by atoms with van der Waals surface area (Å²) in [6, 6.07) is 5.78. The Labute approximate surface area is 203 Å². The Kier molecular flexibility index (Phi) is 8.76. The molecule has 2 aliphatic rings. The molecule has 0 saturated carbocycles. The third-order valence-corrected chi connectivity index (χ3v) is 7.84. The van der Waals surface area contributed by atoms with E-state index in [0.29, 0.717) is 5.92 Å². The van der Waals surface area contributed by atoms with Gasteiger partial charge in [-0.25, -0.2) is 0 Å². The Morgan fingerprint density at radius 3 is 2.50 bits per heavy atom. The molecular weight excluding hydrogens is 463 g/mol. The van der Waals surface area contributed by atoms with Crippen LogP contribution in [0.4, 0.5) is 19.1 Å². The molecule has 1 atom stereocenters. The van der Waals surface area contributed by atoms with E-state index in [0.717, 1.165) is 100 Å². The zero-order valence-corrected chi connectivity index (χ0v) is 20.6. The van der Waals surface area contributed by atoms with Gasteiger partial charge >= 0.3 is 6.18 Å². The summed E-state index contributed by atoms with van der Waals surface area (Å²) in [5.74, 6) is 2.22. The highest BCUT2D eigenvalue weighted by atomic mass is 32.2. The number of nitrogens with zero attached hydrogens (tertiary/aromatic N) is 5. The van der Waals surface area contributed by atoms with Crippen LogP contribution >= 0.6 is 11.8 Å². The van der Waals surface area contributed by atoms with Crippen molar-refractivity contribution in [3.63, 3.8) is 0 Å². The van der Waals surface area contributed by atoms with Crippen LogP contribution in [0.25, 0.3) is 0 Å². The summed E-state index contributed by atoms with van der Waals surface area (Å²) in [4.78, 5) is 4.72. The molecule has 0 amide bonds. The zero-order chi connectivity index (χ0) is 24.0. The van der Waals surface area contributed by atoms with Crippen LogP contribution in [0.3, 0.4) is 0 Å². The first kappa shape index (κ1) is 25.3. The van der Waals surface area contributed by atoms with Crippen molar-refractivity contribution >= 4 is 17.7 Å². The van der Waals surface area contributed by atoms with Crippen molar-refractivity contribution in [2.45, 2.75) is 49.4 Å². The highest BCUT2D eigenvalue weighted by molar-refractivity contribution is 7.99. The van der Waals surface area contributed by atoms with Crippen LogP contribution in [-0.4, -0.2) is 71.4 Å². The molecule has 2 aliphatic heterocycles. The summed E-state index contributed by atoms with van der Waals surface area (Å²) in [6.07, 6.45) is 1.08. The fourth-order valence-electron chi connectivity index (χ4n) is 4.75. The molecule has 1 aromatic carbocycles. The summed E-state index contributed by atoms with van der Waals surface area (Å²) >= 11 is 1.74. The Bertz CT molecular complexity index is 899. The topological polar surface area (TPSA) is 46.4 Å². The zero-order valence-electron chi connectivity index (χ0n) is 19.8. The molecule has 0 spiro atoms. The maximum Gasteiger partial charge on any atom is 0.416 e. The maximum absolute atomic E-state index is 12.9. The van der Waals surface area contributed by atoms with Crippen LogP contribution in [0.5, 0.6) is 0 Å². The average Bonchev–Trinajstić information content (AvgIpc) is 3.18. The van der Waals surface area contributed by atoms with Crippen molar-refractivity contribution in [3.8, 4) is 0 Å². The minimum atomic E-state index is -4.27. The second kappa shape index (κ2) is 11.8. The molecule has 34 heavy (non-hydrogen) atoms. The van der Waals surface area contributed by atoms with Gasteiger partial charge in [0.25, 0.3) is 0 Å². The lowest BCUT2D eigenvalue weighted by atomic mass is 9.88. The lowest BCUT2D eigenvalue weighted by Crippen LogP contribution is -2.37. The molecule has 0 bridgehead atoms. The smallest absolute Gasteiger partial charge is 0.378 e. The predicted octanol–water partition coefficient (Wildman–Crippen LogP) is 4.81. The normalized spacial score (nSPS) is 20.8. The molecular formula is C24H34F3N5OS. The number of morpholine rings is 1. The van der Waals surface area contributed by atoms with Gasteiger partial charge in [-0.05, 0) is 68.9 Å². The van der Waals surface area contributed by atoms with Gasteiger partial charge in [0.15, 0.2) is 5.16 Å². The highest BCUT2D eigenvalue weighted by Gasteiger charge is 2.30. The summed E-state index contributed by atoms with van der Waals surface area (Å²) in [7, 11) is 2.02. The molecule has 2 fully saturated rings. The minimum Gasteiger partial charge on any atom is -0.378 e. The van der Waals surface area contributed by atoms with Gasteiger partial charge in [0, 0.05) is 25.9 Å². The van der Waals surface area contributed by atoms with Gasteiger partial charge in [0.2, 0.25) is 5.95 Å². The number of likely N-dealkylation sites (tertiary alicyclic amines) is 1. The van der Waals surface area contributed by atoms with Gasteiger partial charge in [-0.3, -0.25) is 4.57 Å². The monoisotopic (exact) mass is 497 g/mol. The van der Waals surface area contributed by atoms with Gasteiger partial charge in [-0.2, -0.15) is 13.2 Å². The number of aromatic nitrogens is 3. The van der Waals surface area contributed by atoms with E-state index in [1.54, 1.807) is 23.9 Å². The molecule has 3 heterocycles. The Hall–Kier alpha value is -1.78. The highest BCUT2D eigenvalue weighted by Crippen LogP contribution is 2.33. The van der Waals surface area contributed by atoms with Crippen LogP contribution in [0.15, 0.2) is 29.4 Å². The van der Waals surface area contributed by atoms with Crippen molar-refractivity contribution in [1.82, 2.24) is 19.7 Å². The van der Waals surface area contributed by atoms with E-state index >= 15 is 0 Å². The lowest BCUT2D eigenvalue weighted by Gasteiger charge is -2.28. The predicted molar refractivity (Wildman–Crippen MR) is 128 cm³/mol. The summed E-state index contributed by atoms with van der Waals surface area (Å²) in [6.45, 7) is 6.26. The fourth-order valence-corrected chi connectivity index (χ4v) is 5.58. The Morgan fingerprint density at radius 1 is 1.00 bits per heavy atom. The number of ether oxygens (including phenoxy) is 1. The molecule has 1 aromatic heterocycles. The third kappa shape index (κ3) is 6.66. The van der Waals surface area contributed by atoms with Gasteiger partial charge in [0.05, 0.1) is 18.8 Å². The molecule has 0 N–H and O–H groups in total. The van der Waals surface area contributed by atoms with E-state index in [1.807, 2.05) is 7.05 Å². The molecule has 2 aromatic rings. The number of rotatable bonds is 7. The van der Waals surface area contributed by atoms with Crippen molar-refractivity contribution in [1.29, 1.82) is 0 Å². The van der Waals surface area contributed by atoms with E-state index in [4.69, 9.17) is 4.74 Å². The number of alkyl halides is 3. The van der Waals surface area contributed by atoms with Crippen LogP contribution in [0, 0.1) is 0 Å². The number of halogens is 3. The van der Waals surface area contributed by atoms with Crippen molar-refractivity contribution in [3.05, 3.63) is 35.4 Å². The third-order valence-electron chi connectivity index (χ3n) is 6.74. The van der Waals surface area contributed by atoms with Crippen LogP contribution in [0.1, 0.15) is 49.1 Å². The first-order valence-corrected chi connectivity index (χ1v) is 13.1. The number of benzene rings is 1. The van der Waals surface area contributed by atoms with Gasteiger partial charge in [-0.1, -0.05) is 30.3 Å². The van der Waals surface area contributed by atoms with Crippen molar-refractivity contribution < 1.29 is 17.9 Å². The number of anilines is 1. The lowest BCUT2D eigenvalue weighted by molar-refractivity contribution is -0.137. The van der Waals surface area contributed by atoms with Crippen LogP contribution < -0.4 is 4.90 Å². The molecule has 0 unspecified atom stereocenters. The SMILES string of the molecule is Cn1c(SCCCN2CCCC[C@@H](c3ccc(C(F)(F)F)cc3)CC2)nnc1N1CCOCC1. The quantitative estimate of drug-likeness (QED) is 0.404. The number of hydrogen-bond acceptors (Lipinski definition) is 6. The molecule has 2 saturated heterocycles. The molecule has 0 radical (unpaired) electrons. The van der Waals surface area contributed by atoms with E-state index in [9.17, 15) is 13.2 Å². The van der Waals surface area contributed by atoms with E-state index in [-0.39, 0.29) is 0 Å². The van der Waals surface area contributed by atoms with E-state index in [1.165, 1.54) is 12.1 Å². The first-order chi connectivity index (χ1) is 16.4. The van der Waals surface area contributed by atoms with Crippen molar-refractivity contribution in [2.24, 2.45) is 7.05 Å².